The van der Waals surface area contributed by atoms with E-state index in [2.05, 4.69) is 49.0 Å². The van der Waals surface area contributed by atoms with Crippen molar-refractivity contribution in [2.45, 2.75) is 124 Å². The molecule has 0 saturated heterocycles. The first kappa shape index (κ1) is 46.8. The molecule has 0 bridgehead atoms. The molecule has 0 spiro atoms. The SMILES string of the molecule is CC.CCc1ccc(C(=O)NCCCC[C@H](CO)NC(=O)C(Cc2ccccc2)NC(=O)C(Cc2ccccc2)NC(=O)COC2CC(C)CCC2C(C)C)cc1. The topological polar surface area (TPSA) is 146 Å². The molecule has 1 fully saturated rings. The van der Waals surface area contributed by atoms with E-state index in [0.717, 1.165) is 36.8 Å². The summed E-state index contributed by atoms with van der Waals surface area (Å²) in [7, 11) is 0. The lowest BCUT2D eigenvalue weighted by Gasteiger charge is -2.37. The minimum Gasteiger partial charge on any atom is -0.394 e. The third kappa shape index (κ3) is 16.5. The molecule has 4 rings (SSSR count). The van der Waals surface area contributed by atoms with E-state index < -0.39 is 29.9 Å². The quantitative estimate of drug-likeness (QED) is 0.0772. The number of aliphatic hydroxyl groups excluding tert-OH is 1. The van der Waals surface area contributed by atoms with E-state index in [0.29, 0.717) is 49.1 Å². The summed E-state index contributed by atoms with van der Waals surface area (Å²) in [6.07, 6.45) is 6.26. The van der Waals surface area contributed by atoms with Gasteiger partial charge in [-0.1, -0.05) is 121 Å². The Morgan fingerprint density at radius 3 is 1.89 bits per heavy atom. The van der Waals surface area contributed by atoms with Gasteiger partial charge in [-0.15, -0.1) is 0 Å². The van der Waals surface area contributed by atoms with Crippen LogP contribution in [0, 0.1) is 17.8 Å². The van der Waals surface area contributed by atoms with Crippen molar-refractivity contribution in [3.63, 3.8) is 0 Å². The summed E-state index contributed by atoms with van der Waals surface area (Å²) in [5, 5.41) is 21.9. The van der Waals surface area contributed by atoms with Crippen LogP contribution in [0.3, 0.4) is 0 Å². The number of hydrogen-bond donors (Lipinski definition) is 5. The first-order valence-corrected chi connectivity index (χ1v) is 21.1. The Labute approximate surface area is 341 Å². The maximum atomic E-state index is 14.0. The van der Waals surface area contributed by atoms with Crippen LogP contribution in [0.1, 0.15) is 107 Å². The molecular formula is C47H68N4O6. The molecule has 0 heterocycles. The van der Waals surface area contributed by atoms with Crippen molar-refractivity contribution >= 4 is 23.6 Å². The van der Waals surface area contributed by atoms with Crippen LogP contribution in [0.15, 0.2) is 84.9 Å². The van der Waals surface area contributed by atoms with E-state index in [1.807, 2.05) is 98.8 Å². The van der Waals surface area contributed by atoms with E-state index in [-0.39, 0.29) is 44.0 Å². The first-order chi connectivity index (χ1) is 27.6. The third-order valence-corrected chi connectivity index (χ3v) is 10.7. The molecule has 5 N–H and O–H groups in total. The number of ether oxygens (including phenoxy) is 1. The van der Waals surface area contributed by atoms with Gasteiger partial charge in [0.25, 0.3) is 5.91 Å². The second-order valence-electron chi connectivity index (χ2n) is 15.4. The van der Waals surface area contributed by atoms with E-state index >= 15 is 0 Å². The Hall–Kier alpha value is -4.54. The molecule has 1 aliphatic carbocycles. The number of unbranched alkanes of at least 4 members (excludes halogenated alkanes) is 1. The fourth-order valence-electron chi connectivity index (χ4n) is 7.34. The number of aliphatic hydroxyl groups is 1. The molecule has 312 valence electrons. The molecule has 1 aliphatic rings. The van der Waals surface area contributed by atoms with Gasteiger partial charge in [0.2, 0.25) is 17.7 Å². The molecule has 4 amide bonds. The van der Waals surface area contributed by atoms with Gasteiger partial charge in [0.05, 0.1) is 18.8 Å². The zero-order valence-corrected chi connectivity index (χ0v) is 35.1. The van der Waals surface area contributed by atoms with E-state index in [4.69, 9.17) is 4.74 Å². The molecular weight excluding hydrogens is 717 g/mol. The molecule has 3 aromatic carbocycles. The number of rotatable bonds is 21. The van der Waals surface area contributed by atoms with Gasteiger partial charge in [0.1, 0.15) is 18.7 Å². The molecule has 57 heavy (non-hydrogen) atoms. The number of carbonyl (C=O) groups excluding carboxylic acids is 4. The van der Waals surface area contributed by atoms with Crippen LogP contribution in [-0.4, -0.2) is 72.7 Å². The summed E-state index contributed by atoms with van der Waals surface area (Å²) in [6, 6.07) is 23.9. The summed E-state index contributed by atoms with van der Waals surface area (Å²) < 4.78 is 6.21. The van der Waals surface area contributed by atoms with Gasteiger partial charge >= 0.3 is 0 Å². The highest BCUT2D eigenvalue weighted by molar-refractivity contribution is 5.94. The second kappa shape index (κ2) is 25.7. The Morgan fingerprint density at radius 1 is 0.754 bits per heavy atom. The smallest absolute Gasteiger partial charge is 0.251 e. The molecule has 1 saturated carbocycles. The number of nitrogens with one attached hydrogen (secondary N) is 4. The molecule has 10 heteroatoms. The second-order valence-corrected chi connectivity index (χ2v) is 15.4. The Balaban J connectivity index is 0.00000428. The van der Waals surface area contributed by atoms with Crippen LogP contribution in [0.2, 0.25) is 0 Å². The van der Waals surface area contributed by atoms with Gasteiger partial charge < -0.3 is 31.1 Å². The fourth-order valence-corrected chi connectivity index (χ4v) is 7.34. The standard InChI is InChI=1S/C45H62N4O6.C2H6/c1-5-33-20-22-36(23-21-33)43(52)46-25-13-12-18-37(29-50)47-44(53)40(28-35-16-10-7-11-17-35)49-45(54)39(27-34-14-8-6-9-15-34)48-42(51)30-55-41-26-32(4)19-24-38(41)31(2)3;1-2/h6-11,14-17,20-23,31-32,37-41,50H,5,12-13,18-19,24-30H2,1-4H3,(H,46,52)(H,47,53)(H,48,51)(H,49,54);1-2H3/t32?,37-,38?,39?,40?,41?;/m1./s1. The number of amides is 4. The summed E-state index contributed by atoms with van der Waals surface area (Å²) in [5.41, 5.74) is 3.49. The van der Waals surface area contributed by atoms with Gasteiger partial charge in [-0.3, -0.25) is 19.2 Å². The highest BCUT2D eigenvalue weighted by atomic mass is 16.5. The van der Waals surface area contributed by atoms with Crippen LogP contribution >= 0.6 is 0 Å². The Kier molecular flexibility index (Phi) is 21.1. The molecule has 10 nitrogen and oxygen atoms in total. The lowest BCUT2D eigenvalue weighted by molar-refractivity contribution is -0.136. The zero-order valence-electron chi connectivity index (χ0n) is 35.1. The van der Waals surface area contributed by atoms with Crippen LogP contribution in [-0.2, 0) is 38.4 Å². The Bertz CT molecular complexity index is 1620. The van der Waals surface area contributed by atoms with E-state index in [1.54, 1.807) is 0 Å². The third-order valence-electron chi connectivity index (χ3n) is 10.7. The van der Waals surface area contributed by atoms with Crippen molar-refractivity contribution in [2.24, 2.45) is 17.8 Å². The highest BCUT2D eigenvalue weighted by Gasteiger charge is 2.33. The van der Waals surface area contributed by atoms with Crippen molar-refractivity contribution in [3.8, 4) is 0 Å². The van der Waals surface area contributed by atoms with Crippen LogP contribution in [0.25, 0.3) is 0 Å². The lowest BCUT2D eigenvalue weighted by atomic mass is 9.75. The van der Waals surface area contributed by atoms with E-state index in [9.17, 15) is 24.3 Å². The summed E-state index contributed by atoms with van der Waals surface area (Å²) in [4.78, 5) is 53.8. The number of carbonyl (C=O) groups is 4. The zero-order chi connectivity index (χ0) is 41.6. The van der Waals surface area contributed by atoms with Crippen molar-refractivity contribution in [1.82, 2.24) is 21.3 Å². The molecule has 3 aromatic rings. The monoisotopic (exact) mass is 785 g/mol. The number of aryl methyl sites for hydroxylation is 1. The molecule has 6 atom stereocenters. The number of benzene rings is 3. The van der Waals surface area contributed by atoms with Crippen molar-refractivity contribution in [1.29, 1.82) is 0 Å². The maximum Gasteiger partial charge on any atom is 0.251 e. The average molecular weight is 785 g/mol. The highest BCUT2D eigenvalue weighted by Crippen LogP contribution is 2.35. The summed E-state index contributed by atoms with van der Waals surface area (Å²) >= 11 is 0. The molecule has 0 radical (unpaired) electrons. The molecule has 0 aliphatic heterocycles. The van der Waals surface area contributed by atoms with Gasteiger partial charge in [0.15, 0.2) is 0 Å². The van der Waals surface area contributed by atoms with Gasteiger partial charge in [-0.2, -0.15) is 0 Å². The molecule has 0 aromatic heterocycles. The van der Waals surface area contributed by atoms with Crippen molar-refractivity contribution in [2.75, 3.05) is 19.8 Å². The molecule has 5 unspecified atom stereocenters. The predicted octanol–water partition coefficient (Wildman–Crippen LogP) is 6.58. The van der Waals surface area contributed by atoms with E-state index in [1.165, 1.54) is 5.56 Å². The minimum atomic E-state index is -0.968. The average Bonchev–Trinajstić information content (AvgIpc) is 3.23. The van der Waals surface area contributed by atoms with Crippen LogP contribution in [0.4, 0.5) is 0 Å². The Morgan fingerprint density at radius 2 is 1.33 bits per heavy atom. The maximum absolute atomic E-state index is 14.0. The van der Waals surface area contributed by atoms with Crippen molar-refractivity contribution < 1.29 is 29.0 Å². The van der Waals surface area contributed by atoms with Gasteiger partial charge in [-0.05, 0) is 85.1 Å². The summed E-state index contributed by atoms with van der Waals surface area (Å²) in [5.74, 6) is -0.0903. The normalized spacial score (nSPS) is 17.9. The lowest BCUT2D eigenvalue weighted by Crippen LogP contribution is -2.56. The number of hydrogen-bond acceptors (Lipinski definition) is 6. The van der Waals surface area contributed by atoms with Crippen LogP contribution in [0.5, 0.6) is 0 Å². The minimum absolute atomic E-state index is 0.0171. The summed E-state index contributed by atoms with van der Waals surface area (Å²) in [6.45, 7) is 12.7. The van der Waals surface area contributed by atoms with Crippen molar-refractivity contribution in [3.05, 3.63) is 107 Å². The predicted molar refractivity (Wildman–Crippen MR) is 228 cm³/mol. The van der Waals surface area contributed by atoms with Crippen LogP contribution < -0.4 is 21.3 Å². The first-order valence-electron chi connectivity index (χ1n) is 21.1. The largest absolute Gasteiger partial charge is 0.394 e. The van der Waals surface area contributed by atoms with Gasteiger partial charge in [-0.25, -0.2) is 0 Å². The van der Waals surface area contributed by atoms with Gasteiger partial charge in [0, 0.05) is 24.9 Å². The fraction of sp³-hybridized carbons (Fsp3) is 0.532.